The molecule has 138 valence electrons. The zero-order valence-electron chi connectivity index (χ0n) is 15.6. The fourth-order valence-corrected chi connectivity index (χ4v) is 4.34. The number of carbonyl (C=O) groups is 3. The molecule has 5 nitrogen and oxygen atoms in total. The van der Waals surface area contributed by atoms with E-state index in [-0.39, 0.29) is 35.5 Å². The van der Waals surface area contributed by atoms with Crippen molar-refractivity contribution in [3.05, 3.63) is 12.2 Å². The van der Waals surface area contributed by atoms with Gasteiger partial charge in [0.2, 0.25) is 17.7 Å². The van der Waals surface area contributed by atoms with Crippen LogP contribution in [0.5, 0.6) is 0 Å². The summed E-state index contributed by atoms with van der Waals surface area (Å²) in [5.41, 5.74) is 0. The average Bonchev–Trinajstić information content (AvgIpc) is 2.84. The molecule has 5 heteroatoms. The van der Waals surface area contributed by atoms with Crippen molar-refractivity contribution in [3.8, 4) is 0 Å². The number of piperidine rings is 1. The Kier molecular flexibility index (Phi) is 5.30. The lowest BCUT2D eigenvalue weighted by Gasteiger charge is -2.36. The van der Waals surface area contributed by atoms with E-state index in [4.69, 9.17) is 0 Å². The van der Waals surface area contributed by atoms with Gasteiger partial charge < -0.3 is 4.90 Å². The number of imide groups is 1. The van der Waals surface area contributed by atoms with Crippen LogP contribution in [-0.2, 0) is 14.4 Å². The van der Waals surface area contributed by atoms with Gasteiger partial charge in [0.1, 0.15) is 6.04 Å². The van der Waals surface area contributed by atoms with E-state index in [0.29, 0.717) is 25.2 Å². The number of nitrogens with zero attached hydrogens (tertiary/aromatic N) is 2. The highest BCUT2D eigenvalue weighted by Crippen LogP contribution is 2.37. The van der Waals surface area contributed by atoms with Gasteiger partial charge in [-0.25, -0.2) is 0 Å². The fourth-order valence-electron chi connectivity index (χ4n) is 4.34. The molecule has 0 unspecified atom stereocenters. The highest BCUT2D eigenvalue weighted by Gasteiger charge is 2.51. The maximum atomic E-state index is 13.2. The van der Waals surface area contributed by atoms with E-state index >= 15 is 0 Å². The molecule has 2 fully saturated rings. The highest BCUT2D eigenvalue weighted by molar-refractivity contribution is 6.08. The molecule has 0 aromatic rings. The van der Waals surface area contributed by atoms with Gasteiger partial charge in [-0.1, -0.05) is 32.9 Å². The molecule has 0 bridgehead atoms. The van der Waals surface area contributed by atoms with E-state index in [1.54, 1.807) is 0 Å². The Hall–Kier alpha value is -1.65. The van der Waals surface area contributed by atoms with Crippen LogP contribution in [0.4, 0.5) is 0 Å². The molecule has 2 heterocycles. The lowest BCUT2D eigenvalue weighted by molar-refractivity contribution is -0.153. The van der Waals surface area contributed by atoms with Crippen LogP contribution in [0.3, 0.4) is 0 Å². The highest BCUT2D eigenvalue weighted by atomic mass is 16.2. The number of carbonyl (C=O) groups excluding carboxylic acids is 3. The molecule has 0 saturated carbocycles. The minimum absolute atomic E-state index is 0.0334. The molecule has 2 saturated heterocycles. The maximum absolute atomic E-state index is 13.2. The SMILES string of the molecule is CC(C)C[C@H](C(=O)N1CCC(C)CC1)N1C(=O)[C@@H]2CC=CC[C@H]2C1=O. The number of likely N-dealkylation sites (tertiary alicyclic amines) is 2. The summed E-state index contributed by atoms with van der Waals surface area (Å²) in [6.07, 6.45) is 7.76. The van der Waals surface area contributed by atoms with Gasteiger partial charge in [-0.05, 0) is 43.9 Å². The molecule has 3 aliphatic rings. The zero-order chi connectivity index (χ0) is 18.1. The predicted molar refractivity (Wildman–Crippen MR) is 95.4 cm³/mol. The Bertz CT molecular complexity index is 549. The van der Waals surface area contributed by atoms with Gasteiger partial charge in [0.05, 0.1) is 11.8 Å². The van der Waals surface area contributed by atoms with Gasteiger partial charge in [-0.2, -0.15) is 0 Å². The quantitative estimate of drug-likeness (QED) is 0.581. The van der Waals surface area contributed by atoms with Gasteiger partial charge in [-0.15, -0.1) is 0 Å². The molecule has 3 atom stereocenters. The third-order valence-corrected chi connectivity index (χ3v) is 5.93. The molecule has 0 aromatic carbocycles. The average molecular weight is 346 g/mol. The molecule has 0 N–H and O–H groups in total. The lowest BCUT2D eigenvalue weighted by Crippen LogP contribution is -2.53. The summed E-state index contributed by atoms with van der Waals surface area (Å²) in [5, 5.41) is 0. The Morgan fingerprint density at radius 3 is 2.08 bits per heavy atom. The molecular formula is C20H30N2O3. The zero-order valence-corrected chi connectivity index (χ0v) is 15.6. The van der Waals surface area contributed by atoms with Crippen molar-refractivity contribution in [2.24, 2.45) is 23.7 Å². The number of allylic oxidation sites excluding steroid dienone is 2. The first-order valence-electron chi connectivity index (χ1n) is 9.70. The van der Waals surface area contributed by atoms with Crippen LogP contribution in [0.1, 0.15) is 52.9 Å². The second-order valence-electron chi connectivity index (χ2n) is 8.36. The maximum Gasteiger partial charge on any atom is 0.245 e. The predicted octanol–water partition coefficient (Wildman–Crippen LogP) is 2.61. The number of fused-ring (bicyclic) bond motifs is 1. The number of hydrogen-bond acceptors (Lipinski definition) is 3. The topological polar surface area (TPSA) is 57.7 Å². The minimum Gasteiger partial charge on any atom is -0.341 e. The Morgan fingerprint density at radius 2 is 1.60 bits per heavy atom. The van der Waals surface area contributed by atoms with Gasteiger partial charge >= 0.3 is 0 Å². The summed E-state index contributed by atoms with van der Waals surface area (Å²) in [4.78, 5) is 42.2. The first-order valence-corrected chi connectivity index (χ1v) is 9.70. The van der Waals surface area contributed by atoms with E-state index < -0.39 is 6.04 Å². The summed E-state index contributed by atoms with van der Waals surface area (Å²) in [6, 6.07) is -0.626. The number of rotatable bonds is 4. The van der Waals surface area contributed by atoms with Crippen molar-refractivity contribution in [2.75, 3.05) is 13.1 Å². The number of amides is 3. The summed E-state index contributed by atoms with van der Waals surface area (Å²) >= 11 is 0. The second-order valence-corrected chi connectivity index (χ2v) is 8.36. The molecule has 3 amide bonds. The van der Waals surface area contributed by atoms with Crippen molar-refractivity contribution in [1.82, 2.24) is 9.80 Å². The van der Waals surface area contributed by atoms with Gasteiger partial charge in [-0.3, -0.25) is 19.3 Å². The Morgan fingerprint density at radius 1 is 1.08 bits per heavy atom. The van der Waals surface area contributed by atoms with E-state index in [1.807, 2.05) is 30.9 Å². The first-order chi connectivity index (χ1) is 11.9. The molecule has 0 aromatic heterocycles. The number of hydrogen-bond donors (Lipinski definition) is 0. The van der Waals surface area contributed by atoms with Gasteiger partial charge in [0.25, 0.3) is 0 Å². The van der Waals surface area contributed by atoms with E-state index in [9.17, 15) is 14.4 Å². The third kappa shape index (κ3) is 3.51. The summed E-state index contributed by atoms with van der Waals surface area (Å²) in [5.74, 6) is 0.0552. The van der Waals surface area contributed by atoms with Crippen LogP contribution in [0.2, 0.25) is 0 Å². The smallest absolute Gasteiger partial charge is 0.245 e. The van der Waals surface area contributed by atoms with Crippen LogP contribution in [0.15, 0.2) is 12.2 Å². The molecular weight excluding hydrogens is 316 g/mol. The third-order valence-electron chi connectivity index (χ3n) is 5.93. The van der Waals surface area contributed by atoms with E-state index in [1.165, 1.54) is 4.90 Å². The van der Waals surface area contributed by atoms with Crippen molar-refractivity contribution in [1.29, 1.82) is 0 Å². The van der Waals surface area contributed by atoms with Crippen LogP contribution in [0.25, 0.3) is 0 Å². The summed E-state index contributed by atoms with van der Waals surface area (Å²) < 4.78 is 0. The summed E-state index contributed by atoms with van der Waals surface area (Å²) in [7, 11) is 0. The van der Waals surface area contributed by atoms with Crippen LogP contribution < -0.4 is 0 Å². The monoisotopic (exact) mass is 346 g/mol. The Balaban J connectivity index is 1.82. The fraction of sp³-hybridized carbons (Fsp3) is 0.750. The van der Waals surface area contributed by atoms with Gasteiger partial charge in [0.15, 0.2) is 0 Å². The molecule has 2 aliphatic heterocycles. The Labute approximate surface area is 150 Å². The molecule has 0 radical (unpaired) electrons. The van der Waals surface area contributed by atoms with E-state index in [2.05, 4.69) is 6.92 Å². The van der Waals surface area contributed by atoms with Crippen molar-refractivity contribution in [3.63, 3.8) is 0 Å². The molecule has 25 heavy (non-hydrogen) atoms. The van der Waals surface area contributed by atoms with Crippen molar-refractivity contribution < 1.29 is 14.4 Å². The molecule has 0 spiro atoms. The standard InChI is InChI=1S/C20H30N2O3/c1-13(2)12-17(20(25)21-10-8-14(3)9-11-21)22-18(23)15-6-4-5-7-16(15)19(22)24/h4-5,13-17H,6-12H2,1-3H3/t15-,16-,17-/m1/s1. The second kappa shape index (κ2) is 7.30. The largest absolute Gasteiger partial charge is 0.341 e. The molecule has 3 rings (SSSR count). The first kappa shape index (κ1) is 18.2. The van der Waals surface area contributed by atoms with Crippen molar-refractivity contribution in [2.45, 2.75) is 58.9 Å². The molecule has 1 aliphatic carbocycles. The lowest BCUT2D eigenvalue weighted by atomic mass is 9.85. The van der Waals surface area contributed by atoms with Crippen LogP contribution in [0, 0.1) is 23.7 Å². The van der Waals surface area contributed by atoms with Crippen molar-refractivity contribution >= 4 is 17.7 Å². The van der Waals surface area contributed by atoms with Crippen LogP contribution >= 0.6 is 0 Å². The minimum atomic E-state index is -0.626. The van der Waals surface area contributed by atoms with E-state index in [0.717, 1.165) is 25.9 Å². The normalized spacial score (nSPS) is 28.6. The summed E-state index contributed by atoms with van der Waals surface area (Å²) in [6.45, 7) is 7.76. The van der Waals surface area contributed by atoms with Crippen LogP contribution in [-0.4, -0.2) is 46.7 Å². The van der Waals surface area contributed by atoms with Gasteiger partial charge in [0, 0.05) is 13.1 Å².